The maximum absolute atomic E-state index is 11.9. The van der Waals surface area contributed by atoms with E-state index in [1.54, 1.807) is 0 Å². The molecule has 0 aromatic carbocycles. The van der Waals surface area contributed by atoms with Gasteiger partial charge < -0.3 is 10.6 Å². The van der Waals surface area contributed by atoms with Crippen LogP contribution in [0.2, 0.25) is 0 Å². The molecule has 0 radical (unpaired) electrons. The maximum Gasteiger partial charge on any atom is 0.277 e. The average molecular weight is 244 g/mol. The molecule has 18 heavy (non-hydrogen) atoms. The van der Waals surface area contributed by atoms with E-state index in [1.165, 1.54) is 18.6 Å². The van der Waals surface area contributed by atoms with Crippen LogP contribution in [0.1, 0.15) is 21.7 Å². The predicted molar refractivity (Wildman–Crippen MR) is 64.0 cm³/mol. The number of aromatic nitrogens is 4. The fraction of sp³-hybridized carbons (Fsp3) is 0.273. The van der Waals surface area contributed by atoms with E-state index in [1.807, 2.05) is 0 Å². The van der Waals surface area contributed by atoms with Gasteiger partial charge in [-0.15, -0.1) is 0 Å². The van der Waals surface area contributed by atoms with Crippen molar-refractivity contribution in [2.24, 2.45) is 0 Å². The third kappa shape index (κ3) is 1.95. The van der Waals surface area contributed by atoms with Crippen LogP contribution in [-0.2, 0) is 13.0 Å². The van der Waals surface area contributed by atoms with Gasteiger partial charge in [-0.05, 0) is 13.0 Å². The molecule has 1 aliphatic heterocycles. The molecule has 2 aromatic heterocycles. The van der Waals surface area contributed by atoms with Gasteiger partial charge in [0.25, 0.3) is 5.91 Å². The molecule has 7 heteroatoms. The number of hydrogen-bond acceptors (Lipinski definition) is 5. The minimum absolute atomic E-state index is 0.281. The Morgan fingerprint density at radius 2 is 2.33 bits per heavy atom. The third-order valence-electron chi connectivity index (χ3n) is 2.83. The molecule has 0 bridgehead atoms. The average Bonchev–Trinajstić information content (AvgIpc) is 2.83. The number of carbonyl (C=O) groups excluding carboxylic acids is 1. The summed E-state index contributed by atoms with van der Waals surface area (Å²) in [5.74, 6) is 0.290. The van der Waals surface area contributed by atoms with Crippen molar-refractivity contribution in [2.45, 2.75) is 13.0 Å². The van der Waals surface area contributed by atoms with Crippen LogP contribution < -0.4 is 10.6 Å². The lowest BCUT2D eigenvalue weighted by atomic mass is 10.1. The molecule has 7 nitrogen and oxygen atoms in total. The highest BCUT2D eigenvalue weighted by atomic mass is 16.2. The third-order valence-corrected chi connectivity index (χ3v) is 2.83. The molecule has 3 rings (SSSR count). The zero-order valence-corrected chi connectivity index (χ0v) is 9.60. The molecule has 3 N–H and O–H groups in total. The Morgan fingerprint density at radius 3 is 3.17 bits per heavy atom. The Bertz CT molecular complexity index is 564. The number of H-pyrrole nitrogens is 1. The highest BCUT2D eigenvalue weighted by Gasteiger charge is 2.18. The Balaban J connectivity index is 1.81. The van der Waals surface area contributed by atoms with Crippen molar-refractivity contribution >= 4 is 11.7 Å². The molecule has 0 saturated carbocycles. The van der Waals surface area contributed by atoms with E-state index >= 15 is 0 Å². The second-order valence-electron chi connectivity index (χ2n) is 4.00. The summed E-state index contributed by atoms with van der Waals surface area (Å²) in [6.07, 6.45) is 5.29. The Morgan fingerprint density at radius 1 is 1.39 bits per heavy atom. The smallest absolute Gasteiger partial charge is 0.277 e. The second-order valence-corrected chi connectivity index (χ2v) is 4.00. The second kappa shape index (κ2) is 4.53. The van der Waals surface area contributed by atoms with E-state index in [0.717, 1.165) is 30.8 Å². The van der Waals surface area contributed by atoms with E-state index in [9.17, 15) is 4.79 Å². The first-order valence-corrected chi connectivity index (χ1v) is 5.69. The molecular weight excluding hydrogens is 232 g/mol. The molecule has 1 aliphatic rings. The first-order chi connectivity index (χ1) is 8.84. The van der Waals surface area contributed by atoms with Gasteiger partial charge >= 0.3 is 0 Å². The van der Waals surface area contributed by atoms with Crippen molar-refractivity contribution in [3.63, 3.8) is 0 Å². The molecule has 3 heterocycles. The molecular formula is C11H12N6O. The van der Waals surface area contributed by atoms with E-state index < -0.39 is 0 Å². The first-order valence-electron chi connectivity index (χ1n) is 5.69. The Hall–Kier alpha value is -2.28. The van der Waals surface area contributed by atoms with Crippen LogP contribution in [0.3, 0.4) is 0 Å². The molecule has 0 unspecified atom stereocenters. The maximum atomic E-state index is 11.9. The van der Waals surface area contributed by atoms with Crippen LogP contribution >= 0.6 is 0 Å². The summed E-state index contributed by atoms with van der Waals surface area (Å²) in [6, 6.07) is 0. The molecule has 0 aliphatic carbocycles. The van der Waals surface area contributed by atoms with Crippen LogP contribution in [0, 0.1) is 0 Å². The first kappa shape index (κ1) is 10.8. The van der Waals surface area contributed by atoms with Crippen LogP contribution in [-0.4, -0.2) is 32.6 Å². The number of carbonyl (C=O) groups is 1. The summed E-state index contributed by atoms with van der Waals surface area (Å²) < 4.78 is 0. The molecule has 2 aromatic rings. The summed E-state index contributed by atoms with van der Waals surface area (Å²) in [5, 5.41) is 13.0. The molecule has 0 spiro atoms. The topological polar surface area (TPSA) is 95.6 Å². The number of hydrogen-bond donors (Lipinski definition) is 3. The van der Waals surface area contributed by atoms with Crippen molar-refractivity contribution in [2.75, 3.05) is 11.9 Å². The Labute approximate surface area is 103 Å². The van der Waals surface area contributed by atoms with E-state index in [2.05, 4.69) is 30.8 Å². The summed E-state index contributed by atoms with van der Waals surface area (Å²) in [6.45, 7) is 1.64. The van der Waals surface area contributed by atoms with Crippen molar-refractivity contribution in [1.29, 1.82) is 0 Å². The molecule has 92 valence electrons. The van der Waals surface area contributed by atoms with Gasteiger partial charge in [-0.2, -0.15) is 5.10 Å². The minimum Gasteiger partial charge on any atom is -0.311 e. The monoisotopic (exact) mass is 244 g/mol. The highest BCUT2D eigenvalue weighted by Crippen LogP contribution is 2.20. The molecule has 0 fully saturated rings. The highest BCUT2D eigenvalue weighted by molar-refractivity contribution is 6.02. The van der Waals surface area contributed by atoms with Crippen LogP contribution in [0.25, 0.3) is 0 Å². The normalized spacial score (nSPS) is 14.0. The number of anilines is 1. The summed E-state index contributed by atoms with van der Waals surface area (Å²) in [7, 11) is 0. The van der Waals surface area contributed by atoms with Gasteiger partial charge in [0.1, 0.15) is 5.69 Å². The van der Waals surface area contributed by atoms with Crippen molar-refractivity contribution < 1.29 is 4.79 Å². The van der Waals surface area contributed by atoms with Gasteiger partial charge in [0.05, 0.1) is 11.9 Å². The van der Waals surface area contributed by atoms with Crippen molar-refractivity contribution in [3.8, 4) is 0 Å². The fourth-order valence-corrected chi connectivity index (χ4v) is 1.93. The van der Waals surface area contributed by atoms with Crippen LogP contribution in [0.5, 0.6) is 0 Å². The van der Waals surface area contributed by atoms with E-state index in [-0.39, 0.29) is 11.6 Å². The largest absolute Gasteiger partial charge is 0.311 e. The summed E-state index contributed by atoms with van der Waals surface area (Å²) >= 11 is 0. The molecule has 0 atom stereocenters. The van der Waals surface area contributed by atoms with Gasteiger partial charge in [0.15, 0.2) is 5.82 Å². The lowest BCUT2D eigenvalue weighted by Crippen LogP contribution is -2.24. The summed E-state index contributed by atoms with van der Waals surface area (Å²) in [5.41, 5.74) is 2.37. The lowest BCUT2D eigenvalue weighted by Gasteiger charge is -2.12. The van der Waals surface area contributed by atoms with Gasteiger partial charge in [-0.1, -0.05) is 0 Å². The van der Waals surface area contributed by atoms with E-state index in [4.69, 9.17) is 0 Å². The molecule has 0 saturated heterocycles. The van der Waals surface area contributed by atoms with Gasteiger partial charge in [0.2, 0.25) is 0 Å². The van der Waals surface area contributed by atoms with Gasteiger partial charge in [-0.3, -0.25) is 14.9 Å². The number of aromatic amines is 1. The fourth-order valence-electron chi connectivity index (χ4n) is 1.93. The zero-order valence-electron chi connectivity index (χ0n) is 9.60. The number of rotatable bonds is 2. The number of amides is 1. The standard InChI is InChI=1S/C11H12N6O/c18-11(9-6-13-3-4-14-9)15-10-7-1-2-12-5-8(7)16-17-10/h3-4,6,12H,1-2,5H2,(H2,15,16,17,18). The lowest BCUT2D eigenvalue weighted by molar-refractivity contribution is 0.102. The summed E-state index contributed by atoms with van der Waals surface area (Å²) in [4.78, 5) is 19.7. The van der Waals surface area contributed by atoms with Crippen molar-refractivity contribution in [3.05, 3.63) is 35.5 Å². The van der Waals surface area contributed by atoms with Crippen LogP contribution in [0.15, 0.2) is 18.6 Å². The van der Waals surface area contributed by atoms with Crippen molar-refractivity contribution in [1.82, 2.24) is 25.5 Å². The minimum atomic E-state index is -0.295. The quantitative estimate of drug-likeness (QED) is 0.696. The zero-order chi connectivity index (χ0) is 12.4. The van der Waals surface area contributed by atoms with Gasteiger partial charge in [0, 0.05) is 24.5 Å². The predicted octanol–water partition coefficient (Wildman–Crippen LogP) is 0.0977. The number of nitrogens with zero attached hydrogens (tertiary/aromatic N) is 3. The number of nitrogens with one attached hydrogen (secondary N) is 3. The van der Waals surface area contributed by atoms with Crippen LogP contribution in [0.4, 0.5) is 5.82 Å². The number of fused-ring (bicyclic) bond motifs is 1. The van der Waals surface area contributed by atoms with E-state index in [0.29, 0.717) is 5.82 Å². The SMILES string of the molecule is O=C(Nc1n[nH]c2c1CCNC2)c1cnccn1. The Kier molecular flexibility index (Phi) is 2.73. The van der Waals surface area contributed by atoms with Gasteiger partial charge in [-0.25, -0.2) is 4.98 Å². The molecule has 1 amide bonds.